The van der Waals surface area contributed by atoms with Crippen molar-refractivity contribution in [3.63, 3.8) is 0 Å². The predicted molar refractivity (Wildman–Crippen MR) is 263 cm³/mol. The van der Waals surface area contributed by atoms with Crippen LogP contribution in [0.5, 0.6) is 0 Å². The number of imide groups is 2. The summed E-state index contributed by atoms with van der Waals surface area (Å²) in [5, 5.41) is 19.0. The lowest BCUT2D eigenvalue weighted by molar-refractivity contribution is 0.0910. The minimum Gasteiger partial charge on any atom is -0.268 e. The molecule has 12 nitrogen and oxygen atoms in total. The summed E-state index contributed by atoms with van der Waals surface area (Å²) in [5.41, 5.74) is 10.6. The van der Waals surface area contributed by atoms with Crippen molar-refractivity contribution in [2.24, 2.45) is 0 Å². The second-order valence-electron chi connectivity index (χ2n) is 17.1. The van der Waals surface area contributed by atoms with Crippen LogP contribution in [0.15, 0.2) is 97.1 Å². The van der Waals surface area contributed by atoms with Gasteiger partial charge in [-0.15, -0.1) is 0 Å². The molecular formula is C55H34N8O4S2. The van der Waals surface area contributed by atoms with Gasteiger partial charge in [0.2, 0.25) is 0 Å². The fraction of sp³-hybridized carbons (Fsp3) is 0.164. The lowest BCUT2D eigenvalue weighted by Crippen LogP contribution is -2.31. The van der Waals surface area contributed by atoms with Crippen LogP contribution in [0.4, 0.5) is 11.4 Å². The van der Waals surface area contributed by atoms with Crippen LogP contribution in [0.25, 0.3) is 33.2 Å². The van der Waals surface area contributed by atoms with Crippen LogP contribution >= 0.6 is 23.5 Å². The number of carbonyl (C=O) groups excluding carboxylic acids is 4. The molecule has 0 fully saturated rings. The lowest BCUT2D eigenvalue weighted by atomic mass is 9.70. The number of nitrogens with zero attached hydrogens (tertiary/aromatic N) is 8. The lowest BCUT2D eigenvalue weighted by Gasteiger charge is -2.33. The van der Waals surface area contributed by atoms with Gasteiger partial charge in [-0.1, -0.05) is 75.3 Å². The summed E-state index contributed by atoms with van der Waals surface area (Å²) in [5.74, 6) is 10.7. The Morgan fingerprint density at radius 1 is 0.464 bits per heavy atom. The summed E-state index contributed by atoms with van der Waals surface area (Å²) in [6.45, 7) is 4.29. The number of hydrogen-bond donors (Lipinski definition) is 0. The number of unbranched alkanes of at least 4 members (excludes halogenated alkanes) is 2. The van der Waals surface area contributed by atoms with Crippen molar-refractivity contribution in [1.29, 1.82) is 10.5 Å². The smallest absolute Gasteiger partial charge is 0.266 e. The van der Waals surface area contributed by atoms with Crippen molar-refractivity contribution in [1.82, 2.24) is 17.5 Å². The second-order valence-corrected chi connectivity index (χ2v) is 18.2. The number of benzene rings is 6. The van der Waals surface area contributed by atoms with Gasteiger partial charge in [-0.05, 0) is 120 Å². The molecule has 11 rings (SSSR count). The molecule has 330 valence electrons. The maximum Gasteiger partial charge on any atom is 0.266 e. The Labute approximate surface area is 404 Å². The normalized spacial score (nSPS) is 13.9. The molecule has 0 saturated heterocycles. The largest absolute Gasteiger partial charge is 0.268 e. The maximum absolute atomic E-state index is 14.3. The third-order valence-electron chi connectivity index (χ3n) is 13.3. The molecule has 2 aliphatic heterocycles. The molecule has 3 aliphatic rings. The maximum atomic E-state index is 14.3. The topological polar surface area (TPSA) is 174 Å². The Hall–Kier alpha value is -8.66. The number of rotatable bonds is 8. The fourth-order valence-corrected chi connectivity index (χ4v) is 11.0. The highest BCUT2D eigenvalue weighted by Crippen LogP contribution is 2.56. The Balaban J connectivity index is 0.916. The number of nitriles is 2. The van der Waals surface area contributed by atoms with Gasteiger partial charge in [-0.2, -0.15) is 28.0 Å². The van der Waals surface area contributed by atoms with Crippen LogP contribution in [0, 0.1) is 46.3 Å². The molecule has 0 N–H and O–H groups in total. The summed E-state index contributed by atoms with van der Waals surface area (Å²) in [7, 11) is 0. The van der Waals surface area contributed by atoms with E-state index in [-0.39, 0.29) is 22.3 Å². The van der Waals surface area contributed by atoms with E-state index in [2.05, 4.69) is 67.2 Å². The van der Waals surface area contributed by atoms with E-state index in [1.165, 1.54) is 9.80 Å². The monoisotopic (exact) mass is 934 g/mol. The van der Waals surface area contributed by atoms with Crippen molar-refractivity contribution in [2.75, 3.05) is 9.80 Å². The van der Waals surface area contributed by atoms with Crippen molar-refractivity contribution in [3.05, 3.63) is 164 Å². The first kappa shape index (κ1) is 42.9. The zero-order valence-electron chi connectivity index (χ0n) is 37.0. The first-order valence-electron chi connectivity index (χ1n) is 22.4. The molecule has 4 amide bonds. The summed E-state index contributed by atoms with van der Waals surface area (Å²) >= 11 is 2.01. The quantitative estimate of drug-likeness (QED) is 0.105. The average Bonchev–Trinajstić information content (AvgIpc) is 4.21. The highest BCUT2D eigenvalue weighted by Gasteiger charge is 2.45. The Morgan fingerprint density at radius 2 is 0.841 bits per heavy atom. The van der Waals surface area contributed by atoms with Gasteiger partial charge in [0.15, 0.2) is 0 Å². The van der Waals surface area contributed by atoms with Gasteiger partial charge in [0.1, 0.15) is 34.2 Å². The molecule has 69 heavy (non-hydrogen) atoms. The predicted octanol–water partition coefficient (Wildman–Crippen LogP) is 10.5. The number of fused-ring (bicyclic) bond motifs is 7. The molecule has 1 aliphatic carbocycles. The van der Waals surface area contributed by atoms with E-state index in [0.29, 0.717) is 66.8 Å². The van der Waals surface area contributed by atoms with Crippen LogP contribution in [0.2, 0.25) is 0 Å². The van der Waals surface area contributed by atoms with Crippen molar-refractivity contribution < 1.29 is 19.2 Å². The zero-order chi connectivity index (χ0) is 47.6. The molecule has 14 heteroatoms. The van der Waals surface area contributed by atoms with E-state index >= 15 is 0 Å². The minimum atomic E-state index is -0.543. The SMILES string of the molecule is CCCCC1(CCCC)c2cc(N3C(=O)c4ccc(C#Cc5ccc(C#N)c6nsnc56)cc4C3=O)ccc2-c2ccc(N3C(=O)c4ccc(C#Cc5ccc(C#N)c6nsnc56)cc4C3=O)cc21. The molecule has 0 saturated carbocycles. The standard InChI is InChI=1S/C55H34N8O4S2/c1-3-5-23-55(24-6-4-2)45-27-37(62-51(64)41-19-9-31(25-43(41)53(62)66)7-11-33-13-15-35(29-56)49-47(33)58-68-60-49)17-21-39(45)40-22-18-38(28-46(40)55)63-52(65)42-20-10-32(26-44(42)54(63)67)8-12-34-14-16-36(30-57)50-48(34)59-69-61-50/h9-10,13-22,25-28H,3-6,23-24H2,1-2H3. The van der Waals surface area contributed by atoms with Gasteiger partial charge in [-0.3, -0.25) is 19.2 Å². The number of hydrogen-bond acceptors (Lipinski definition) is 12. The van der Waals surface area contributed by atoms with Crippen molar-refractivity contribution >= 4 is 80.5 Å². The van der Waals surface area contributed by atoms with Crippen LogP contribution in [-0.2, 0) is 5.41 Å². The summed E-state index contributed by atoms with van der Waals surface area (Å²) in [4.78, 5) is 59.4. The summed E-state index contributed by atoms with van der Waals surface area (Å²) in [6.07, 6.45) is 5.19. The molecule has 0 bridgehead atoms. The van der Waals surface area contributed by atoms with Gasteiger partial charge in [0.05, 0.1) is 79.3 Å². The van der Waals surface area contributed by atoms with Crippen LogP contribution in [0.3, 0.4) is 0 Å². The molecule has 0 unspecified atom stereocenters. The average molecular weight is 935 g/mol. The highest BCUT2D eigenvalue weighted by molar-refractivity contribution is 7.00. The van der Waals surface area contributed by atoms with Crippen molar-refractivity contribution in [3.8, 4) is 46.9 Å². The molecule has 4 heterocycles. The molecule has 2 aromatic heterocycles. The van der Waals surface area contributed by atoms with E-state index in [1.54, 1.807) is 60.7 Å². The molecular weight excluding hydrogens is 901 g/mol. The highest BCUT2D eigenvalue weighted by atomic mass is 32.1. The Kier molecular flexibility index (Phi) is 10.5. The third kappa shape index (κ3) is 6.80. The number of aromatic nitrogens is 4. The number of anilines is 2. The summed E-state index contributed by atoms with van der Waals surface area (Å²) in [6, 6.07) is 32.6. The molecule has 0 radical (unpaired) electrons. The summed E-state index contributed by atoms with van der Waals surface area (Å²) < 4.78 is 17.2. The minimum absolute atomic E-state index is 0.254. The van der Waals surface area contributed by atoms with E-state index in [4.69, 9.17) is 0 Å². The molecule has 8 aromatic rings. The van der Waals surface area contributed by atoms with Gasteiger partial charge >= 0.3 is 0 Å². The fourth-order valence-electron chi connectivity index (χ4n) is 9.87. The van der Waals surface area contributed by atoms with Gasteiger partial charge in [0, 0.05) is 16.5 Å². The molecule has 0 atom stereocenters. The van der Waals surface area contributed by atoms with E-state index in [0.717, 1.165) is 84.2 Å². The first-order chi connectivity index (χ1) is 33.7. The molecule has 0 spiro atoms. The van der Waals surface area contributed by atoms with Crippen LogP contribution in [0.1, 0.15) is 138 Å². The van der Waals surface area contributed by atoms with E-state index in [1.807, 2.05) is 36.4 Å². The zero-order valence-corrected chi connectivity index (χ0v) is 38.6. The van der Waals surface area contributed by atoms with Crippen LogP contribution < -0.4 is 9.80 Å². The first-order valence-corrected chi connectivity index (χ1v) is 23.8. The van der Waals surface area contributed by atoms with Crippen molar-refractivity contribution in [2.45, 2.75) is 57.8 Å². The Bertz CT molecular complexity index is 3580. The second kappa shape index (κ2) is 16.9. The third-order valence-corrected chi connectivity index (χ3v) is 14.3. The number of amides is 4. The van der Waals surface area contributed by atoms with Crippen LogP contribution in [-0.4, -0.2) is 41.1 Å². The number of carbonyl (C=O) groups is 4. The van der Waals surface area contributed by atoms with Gasteiger partial charge < -0.3 is 0 Å². The van der Waals surface area contributed by atoms with E-state index in [9.17, 15) is 29.7 Å². The van der Waals surface area contributed by atoms with Gasteiger partial charge in [0.25, 0.3) is 23.6 Å². The molecule has 6 aromatic carbocycles. The van der Waals surface area contributed by atoms with Gasteiger partial charge in [-0.25, -0.2) is 9.80 Å². The van der Waals surface area contributed by atoms with E-state index < -0.39 is 29.0 Å². The Morgan fingerprint density at radius 3 is 1.25 bits per heavy atom.